The van der Waals surface area contributed by atoms with E-state index in [1.807, 2.05) is 6.07 Å². The number of carboxylic acid groups (broad SMARTS) is 1. The molecule has 2 aromatic rings. The Kier molecular flexibility index (Phi) is 5.05. The molecule has 5 nitrogen and oxygen atoms in total. The molecule has 6 heteroatoms. The van der Waals surface area contributed by atoms with Crippen LogP contribution in [0.5, 0.6) is 0 Å². The quantitative estimate of drug-likeness (QED) is 0.760. The van der Waals surface area contributed by atoms with Gasteiger partial charge in [0, 0.05) is 19.1 Å². The van der Waals surface area contributed by atoms with Gasteiger partial charge in [-0.25, -0.2) is 9.37 Å². The summed E-state index contributed by atoms with van der Waals surface area (Å²) in [5, 5.41) is 15.6. The van der Waals surface area contributed by atoms with Gasteiger partial charge in [-0.1, -0.05) is 18.2 Å². The summed E-state index contributed by atoms with van der Waals surface area (Å²) in [6.45, 7) is 1.34. The Hall–Kier alpha value is -2.47. The third kappa shape index (κ3) is 4.08. The van der Waals surface area contributed by atoms with Crippen molar-refractivity contribution in [2.45, 2.75) is 31.8 Å². The summed E-state index contributed by atoms with van der Waals surface area (Å²) < 4.78 is 13.4. The number of aromatic nitrogens is 1. The van der Waals surface area contributed by atoms with Gasteiger partial charge in [-0.3, -0.25) is 4.79 Å². The first-order valence-corrected chi connectivity index (χ1v) is 8.05. The molecule has 126 valence electrons. The maximum atomic E-state index is 13.4. The summed E-state index contributed by atoms with van der Waals surface area (Å²) >= 11 is 0. The van der Waals surface area contributed by atoms with Crippen LogP contribution < -0.4 is 10.6 Å². The third-order valence-corrected chi connectivity index (χ3v) is 4.11. The number of hydrogen-bond donors (Lipinski definition) is 3. The SMILES string of the molecule is O=C(O)CC(NCc1ccc2c(n1)NCCC2)c1cccc(F)c1. The van der Waals surface area contributed by atoms with E-state index in [9.17, 15) is 9.18 Å². The Labute approximate surface area is 139 Å². The van der Waals surface area contributed by atoms with Crippen molar-refractivity contribution >= 4 is 11.8 Å². The molecule has 0 saturated carbocycles. The molecule has 0 radical (unpaired) electrons. The molecule has 0 saturated heterocycles. The molecule has 1 atom stereocenters. The zero-order chi connectivity index (χ0) is 16.9. The smallest absolute Gasteiger partial charge is 0.305 e. The van der Waals surface area contributed by atoms with Crippen LogP contribution in [0.2, 0.25) is 0 Å². The van der Waals surface area contributed by atoms with Gasteiger partial charge in [-0.15, -0.1) is 0 Å². The topological polar surface area (TPSA) is 74.2 Å². The first-order valence-electron chi connectivity index (χ1n) is 8.05. The highest BCUT2D eigenvalue weighted by Gasteiger charge is 2.17. The van der Waals surface area contributed by atoms with Gasteiger partial charge in [0.05, 0.1) is 12.1 Å². The molecule has 1 aromatic heterocycles. The highest BCUT2D eigenvalue weighted by atomic mass is 19.1. The Balaban J connectivity index is 1.72. The molecule has 2 heterocycles. The van der Waals surface area contributed by atoms with E-state index in [0.717, 1.165) is 30.9 Å². The van der Waals surface area contributed by atoms with Crippen molar-refractivity contribution in [2.24, 2.45) is 0 Å². The lowest BCUT2D eigenvalue weighted by molar-refractivity contribution is -0.137. The fourth-order valence-electron chi connectivity index (χ4n) is 2.90. The minimum Gasteiger partial charge on any atom is -0.481 e. The fraction of sp³-hybridized carbons (Fsp3) is 0.333. The van der Waals surface area contributed by atoms with E-state index in [4.69, 9.17) is 5.11 Å². The van der Waals surface area contributed by atoms with E-state index >= 15 is 0 Å². The van der Waals surface area contributed by atoms with E-state index in [2.05, 4.69) is 21.7 Å². The molecule has 0 spiro atoms. The molecule has 3 N–H and O–H groups in total. The predicted molar refractivity (Wildman–Crippen MR) is 89.3 cm³/mol. The molecule has 1 aliphatic rings. The van der Waals surface area contributed by atoms with Crippen LogP contribution >= 0.6 is 0 Å². The van der Waals surface area contributed by atoms with Crippen molar-refractivity contribution in [3.05, 3.63) is 59.0 Å². The highest BCUT2D eigenvalue weighted by molar-refractivity contribution is 5.68. The van der Waals surface area contributed by atoms with E-state index < -0.39 is 12.0 Å². The Morgan fingerprint density at radius 2 is 2.25 bits per heavy atom. The maximum absolute atomic E-state index is 13.4. The number of carbonyl (C=O) groups is 1. The summed E-state index contributed by atoms with van der Waals surface area (Å²) in [7, 11) is 0. The van der Waals surface area contributed by atoms with Gasteiger partial charge in [0.25, 0.3) is 0 Å². The number of benzene rings is 1. The first-order chi connectivity index (χ1) is 11.6. The summed E-state index contributed by atoms with van der Waals surface area (Å²) in [6, 6.07) is 9.56. The molecular formula is C18H20FN3O2. The van der Waals surface area contributed by atoms with E-state index in [-0.39, 0.29) is 12.2 Å². The molecule has 1 unspecified atom stereocenters. The summed E-state index contributed by atoms with van der Waals surface area (Å²) in [6.07, 6.45) is 2.01. The van der Waals surface area contributed by atoms with Crippen molar-refractivity contribution < 1.29 is 14.3 Å². The van der Waals surface area contributed by atoms with Gasteiger partial charge in [0.15, 0.2) is 0 Å². The van der Waals surface area contributed by atoms with Crippen LogP contribution in [0.3, 0.4) is 0 Å². The number of hydrogen-bond acceptors (Lipinski definition) is 4. The normalized spacial score (nSPS) is 14.5. The zero-order valence-electron chi connectivity index (χ0n) is 13.3. The second-order valence-corrected chi connectivity index (χ2v) is 5.93. The standard InChI is InChI=1S/C18H20FN3O2/c19-14-5-1-3-13(9-14)16(10-17(23)24)21-11-15-7-6-12-4-2-8-20-18(12)22-15/h1,3,5-7,9,16,21H,2,4,8,10-11H2,(H,20,22)(H,23,24). The number of carboxylic acids is 1. The Bertz CT molecular complexity index is 736. The lowest BCUT2D eigenvalue weighted by Gasteiger charge is -2.20. The molecular weight excluding hydrogens is 309 g/mol. The molecule has 3 rings (SSSR count). The number of nitrogens with one attached hydrogen (secondary N) is 2. The summed E-state index contributed by atoms with van der Waals surface area (Å²) in [4.78, 5) is 15.7. The maximum Gasteiger partial charge on any atom is 0.305 e. The monoisotopic (exact) mass is 329 g/mol. The van der Waals surface area contributed by atoms with Gasteiger partial charge >= 0.3 is 5.97 Å². The number of halogens is 1. The van der Waals surface area contributed by atoms with Crippen LogP contribution in [0.25, 0.3) is 0 Å². The zero-order valence-corrected chi connectivity index (χ0v) is 13.3. The molecule has 0 amide bonds. The van der Waals surface area contributed by atoms with Gasteiger partial charge in [-0.2, -0.15) is 0 Å². The fourth-order valence-corrected chi connectivity index (χ4v) is 2.90. The molecule has 0 fully saturated rings. The van der Waals surface area contributed by atoms with Crippen LogP contribution in [0.15, 0.2) is 36.4 Å². The number of aliphatic carboxylic acids is 1. The number of aryl methyl sites for hydroxylation is 1. The molecule has 1 aliphatic heterocycles. The molecule has 0 aliphatic carbocycles. The Morgan fingerprint density at radius 1 is 1.38 bits per heavy atom. The second kappa shape index (κ2) is 7.40. The van der Waals surface area contributed by atoms with Crippen molar-refractivity contribution in [3.63, 3.8) is 0 Å². The van der Waals surface area contributed by atoms with Crippen molar-refractivity contribution in [1.82, 2.24) is 10.3 Å². The average Bonchev–Trinajstić information content (AvgIpc) is 2.58. The minimum absolute atomic E-state index is 0.118. The summed E-state index contributed by atoms with van der Waals surface area (Å²) in [5.41, 5.74) is 2.65. The third-order valence-electron chi connectivity index (χ3n) is 4.11. The number of pyridine rings is 1. The van der Waals surface area contributed by atoms with Crippen molar-refractivity contribution in [2.75, 3.05) is 11.9 Å². The summed E-state index contributed by atoms with van der Waals surface area (Å²) in [5.74, 6) is -0.404. The van der Waals surface area contributed by atoms with Gasteiger partial charge in [0.1, 0.15) is 11.6 Å². The van der Waals surface area contributed by atoms with Crippen molar-refractivity contribution in [1.29, 1.82) is 0 Å². The number of rotatable bonds is 6. The van der Waals surface area contributed by atoms with Gasteiger partial charge < -0.3 is 15.7 Å². The van der Waals surface area contributed by atoms with E-state index in [0.29, 0.717) is 12.1 Å². The number of fused-ring (bicyclic) bond motifs is 1. The minimum atomic E-state index is -0.933. The lowest BCUT2D eigenvalue weighted by atomic mass is 10.0. The second-order valence-electron chi connectivity index (χ2n) is 5.93. The van der Waals surface area contributed by atoms with Crippen LogP contribution in [0.1, 0.15) is 35.7 Å². The van der Waals surface area contributed by atoms with E-state index in [1.54, 1.807) is 12.1 Å². The largest absolute Gasteiger partial charge is 0.481 e. The van der Waals surface area contributed by atoms with Crippen LogP contribution in [0.4, 0.5) is 10.2 Å². The first kappa shape index (κ1) is 16.4. The number of nitrogens with zero attached hydrogens (tertiary/aromatic N) is 1. The lowest BCUT2D eigenvalue weighted by Crippen LogP contribution is -2.24. The van der Waals surface area contributed by atoms with Crippen LogP contribution in [0, 0.1) is 5.82 Å². The molecule has 24 heavy (non-hydrogen) atoms. The predicted octanol–water partition coefficient (Wildman–Crippen LogP) is 2.88. The molecule has 1 aromatic carbocycles. The van der Waals surface area contributed by atoms with Crippen molar-refractivity contribution in [3.8, 4) is 0 Å². The van der Waals surface area contributed by atoms with Crippen LogP contribution in [-0.2, 0) is 17.8 Å². The number of anilines is 1. The van der Waals surface area contributed by atoms with Gasteiger partial charge in [0.2, 0.25) is 0 Å². The Morgan fingerprint density at radius 3 is 3.04 bits per heavy atom. The highest BCUT2D eigenvalue weighted by Crippen LogP contribution is 2.21. The van der Waals surface area contributed by atoms with Crippen LogP contribution in [-0.4, -0.2) is 22.6 Å². The van der Waals surface area contributed by atoms with E-state index in [1.165, 1.54) is 17.7 Å². The average molecular weight is 329 g/mol. The van der Waals surface area contributed by atoms with Gasteiger partial charge in [-0.05, 0) is 42.2 Å². The molecule has 0 bridgehead atoms.